The number of pyridine rings is 1. The predicted octanol–water partition coefficient (Wildman–Crippen LogP) is 4.41. The number of nitrogens with one attached hydrogen (secondary N) is 1. The van der Waals surface area contributed by atoms with E-state index in [1.807, 2.05) is 30.3 Å². The van der Waals surface area contributed by atoms with Crippen LogP contribution in [-0.2, 0) is 13.0 Å². The number of halogens is 2. The van der Waals surface area contributed by atoms with Crippen LogP contribution >= 0.6 is 11.3 Å². The fraction of sp³-hybridized carbons (Fsp3) is 0.0741. The third-order valence-electron chi connectivity index (χ3n) is 6.00. The van der Waals surface area contributed by atoms with E-state index in [0.29, 0.717) is 11.4 Å². The molecule has 0 saturated carbocycles. The molecule has 6 N–H and O–H groups in total. The third-order valence-corrected chi connectivity index (χ3v) is 7.13. The number of carbonyl (C=O) groups excluding carboxylic acids is 1. The van der Waals surface area contributed by atoms with E-state index in [1.165, 1.54) is 29.8 Å². The average Bonchev–Trinajstić information content (AvgIpc) is 3.37. The molecule has 2 aromatic carbocycles. The summed E-state index contributed by atoms with van der Waals surface area (Å²) in [7, 11) is 0. The van der Waals surface area contributed by atoms with E-state index in [1.54, 1.807) is 0 Å². The molecule has 12 heteroatoms. The van der Waals surface area contributed by atoms with Crippen LogP contribution in [0.2, 0.25) is 0 Å². The summed E-state index contributed by atoms with van der Waals surface area (Å²) in [5.74, 6) is -3.87. The number of benzene rings is 2. The topological polar surface area (TPSA) is 157 Å². The van der Waals surface area contributed by atoms with Crippen molar-refractivity contribution >= 4 is 45.8 Å². The number of amides is 1. The highest BCUT2D eigenvalue weighted by atomic mass is 32.1. The first-order chi connectivity index (χ1) is 18.7. The molecule has 1 amide bonds. The predicted molar refractivity (Wildman–Crippen MR) is 143 cm³/mol. The number of hydrogen-bond donors (Lipinski definition) is 4. The largest absolute Gasteiger partial charge is 0.478 e. The number of nitrogens with two attached hydrogens (primary N) is 2. The molecule has 0 aliphatic carbocycles. The van der Waals surface area contributed by atoms with Crippen LogP contribution in [0, 0.1) is 11.6 Å². The summed E-state index contributed by atoms with van der Waals surface area (Å²) < 4.78 is 26.8. The molecular formula is C27H20F2N6O3S. The van der Waals surface area contributed by atoms with Gasteiger partial charge in [0.05, 0.1) is 16.8 Å². The number of nitrogens with zero attached hydrogens (tertiary/aromatic N) is 3. The van der Waals surface area contributed by atoms with E-state index in [4.69, 9.17) is 11.5 Å². The van der Waals surface area contributed by atoms with Crippen LogP contribution < -0.4 is 16.8 Å². The van der Waals surface area contributed by atoms with Gasteiger partial charge in [0.1, 0.15) is 23.5 Å². The lowest BCUT2D eigenvalue weighted by molar-refractivity contribution is 0.0697. The number of aromatic nitrogens is 3. The van der Waals surface area contributed by atoms with E-state index in [0.717, 1.165) is 38.4 Å². The van der Waals surface area contributed by atoms with Crippen molar-refractivity contribution in [1.29, 1.82) is 0 Å². The second-order valence-corrected chi connectivity index (χ2v) is 9.75. The highest BCUT2D eigenvalue weighted by molar-refractivity contribution is 7.15. The van der Waals surface area contributed by atoms with Crippen molar-refractivity contribution in [1.82, 2.24) is 20.3 Å². The van der Waals surface area contributed by atoms with E-state index < -0.39 is 23.5 Å². The monoisotopic (exact) mass is 546 g/mol. The van der Waals surface area contributed by atoms with Crippen LogP contribution in [0.4, 0.5) is 20.4 Å². The van der Waals surface area contributed by atoms with Gasteiger partial charge in [-0.2, -0.15) is 0 Å². The molecular weight excluding hydrogens is 526 g/mol. The van der Waals surface area contributed by atoms with Crippen LogP contribution in [0.1, 0.15) is 36.9 Å². The highest BCUT2D eigenvalue weighted by Crippen LogP contribution is 2.32. The quantitative estimate of drug-likeness (QED) is 0.234. The smallest absolute Gasteiger partial charge is 0.339 e. The Bertz CT molecular complexity index is 1760. The zero-order valence-electron chi connectivity index (χ0n) is 20.1. The van der Waals surface area contributed by atoms with E-state index in [2.05, 4.69) is 20.3 Å². The van der Waals surface area contributed by atoms with Gasteiger partial charge in [0.25, 0.3) is 5.91 Å². The minimum atomic E-state index is -1.33. The molecule has 0 bridgehead atoms. The van der Waals surface area contributed by atoms with Gasteiger partial charge in [-0.05, 0) is 53.6 Å². The van der Waals surface area contributed by atoms with Crippen LogP contribution in [0.3, 0.4) is 0 Å². The maximum absolute atomic E-state index is 13.6. The molecule has 0 radical (unpaired) electrons. The fourth-order valence-corrected chi connectivity index (χ4v) is 5.03. The Morgan fingerprint density at radius 1 is 0.923 bits per heavy atom. The molecule has 5 rings (SSSR count). The molecule has 3 aromatic heterocycles. The van der Waals surface area contributed by atoms with Crippen molar-refractivity contribution in [3.05, 3.63) is 99.8 Å². The molecule has 0 spiro atoms. The molecule has 0 saturated heterocycles. The molecule has 196 valence electrons. The first kappa shape index (κ1) is 25.7. The van der Waals surface area contributed by atoms with E-state index >= 15 is 0 Å². The zero-order chi connectivity index (χ0) is 27.7. The maximum atomic E-state index is 13.6. The number of aromatic carboxylic acids is 1. The minimum absolute atomic E-state index is 0.00904. The molecule has 5 aromatic rings. The van der Waals surface area contributed by atoms with Crippen molar-refractivity contribution in [2.45, 2.75) is 13.0 Å². The van der Waals surface area contributed by atoms with Crippen molar-refractivity contribution < 1.29 is 23.5 Å². The first-order valence-electron chi connectivity index (χ1n) is 11.5. The molecule has 39 heavy (non-hydrogen) atoms. The number of carbonyl (C=O) groups is 2. The summed E-state index contributed by atoms with van der Waals surface area (Å²) in [6.07, 6.45) is 1.60. The van der Waals surface area contributed by atoms with Gasteiger partial charge in [0.2, 0.25) is 0 Å². The van der Waals surface area contributed by atoms with Crippen LogP contribution in [-0.4, -0.2) is 31.9 Å². The summed E-state index contributed by atoms with van der Waals surface area (Å²) in [6.45, 7) is -0.111. The van der Waals surface area contributed by atoms with Gasteiger partial charge in [-0.3, -0.25) is 4.79 Å². The number of carboxylic acids is 1. The number of rotatable bonds is 7. The van der Waals surface area contributed by atoms with Crippen molar-refractivity contribution in [3.63, 3.8) is 0 Å². The fourth-order valence-electron chi connectivity index (χ4n) is 4.02. The SMILES string of the molecule is Nc1nc(Cc2ccc(-c3ccc4ncnc(N)c4c3)s2)c(C(=O)NCc2ccc(F)c(F)c2)cc1C(=O)O. The van der Waals surface area contributed by atoms with Gasteiger partial charge >= 0.3 is 5.97 Å². The minimum Gasteiger partial charge on any atom is -0.478 e. The zero-order valence-corrected chi connectivity index (χ0v) is 20.9. The number of nitrogen functional groups attached to an aromatic ring is 2. The van der Waals surface area contributed by atoms with Gasteiger partial charge < -0.3 is 21.9 Å². The van der Waals surface area contributed by atoms with Crippen molar-refractivity contribution in [2.75, 3.05) is 11.5 Å². The Hall–Kier alpha value is -4.97. The van der Waals surface area contributed by atoms with Gasteiger partial charge in [-0.15, -0.1) is 11.3 Å². The van der Waals surface area contributed by atoms with E-state index in [9.17, 15) is 23.5 Å². The third kappa shape index (κ3) is 5.36. The Kier molecular flexibility index (Phi) is 6.86. The summed E-state index contributed by atoms with van der Waals surface area (Å²) >= 11 is 1.46. The highest BCUT2D eigenvalue weighted by Gasteiger charge is 2.21. The maximum Gasteiger partial charge on any atom is 0.339 e. The molecule has 0 atom stereocenters. The van der Waals surface area contributed by atoms with Gasteiger partial charge in [-0.1, -0.05) is 12.1 Å². The number of thiophene rings is 1. The summed E-state index contributed by atoms with van der Waals surface area (Å²) in [6, 6.07) is 13.9. The van der Waals surface area contributed by atoms with Crippen molar-refractivity contribution in [3.8, 4) is 10.4 Å². The Labute approximate surface area is 224 Å². The molecule has 0 aliphatic heterocycles. The summed E-state index contributed by atoms with van der Waals surface area (Å²) in [4.78, 5) is 39.0. The average molecular weight is 547 g/mol. The lowest BCUT2D eigenvalue weighted by Gasteiger charge is -2.12. The lowest BCUT2D eigenvalue weighted by atomic mass is 10.1. The summed E-state index contributed by atoms with van der Waals surface area (Å²) in [5, 5.41) is 12.8. The second kappa shape index (κ2) is 10.4. The van der Waals surface area contributed by atoms with Crippen LogP contribution in [0.5, 0.6) is 0 Å². The molecule has 0 fully saturated rings. The first-order valence-corrected chi connectivity index (χ1v) is 12.4. The number of anilines is 2. The molecule has 3 heterocycles. The molecule has 0 aliphatic rings. The number of carboxylic acid groups (broad SMARTS) is 1. The van der Waals surface area contributed by atoms with Gasteiger partial charge in [0, 0.05) is 28.1 Å². The lowest BCUT2D eigenvalue weighted by Crippen LogP contribution is -2.25. The van der Waals surface area contributed by atoms with Gasteiger partial charge in [0.15, 0.2) is 11.6 Å². The molecule has 9 nitrogen and oxygen atoms in total. The number of hydrogen-bond acceptors (Lipinski definition) is 8. The van der Waals surface area contributed by atoms with E-state index in [-0.39, 0.29) is 35.6 Å². The van der Waals surface area contributed by atoms with Crippen molar-refractivity contribution in [2.24, 2.45) is 0 Å². The van der Waals surface area contributed by atoms with Crippen LogP contribution in [0.25, 0.3) is 21.3 Å². The standard InChI is InChI=1S/C27H20F2N6O3S/c28-19-4-1-13(7-20(19)29)11-32-26(36)17-10-18(27(37)38)25(31)35-22(17)9-15-3-6-23(39-15)14-2-5-21-16(8-14)24(30)34-12-33-21/h1-8,10,12H,9,11H2,(H2,31,35)(H,32,36)(H,37,38)(H2,30,33,34). The Morgan fingerprint density at radius 3 is 2.51 bits per heavy atom. The second-order valence-electron chi connectivity index (χ2n) is 8.59. The normalized spacial score (nSPS) is 11.0. The summed E-state index contributed by atoms with van der Waals surface area (Å²) in [5.41, 5.74) is 13.8. The molecule has 0 unspecified atom stereocenters. The number of fused-ring (bicyclic) bond motifs is 1. The Morgan fingerprint density at radius 2 is 1.74 bits per heavy atom. The van der Waals surface area contributed by atoms with Crippen LogP contribution in [0.15, 0.2) is 60.9 Å². The van der Waals surface area contributed by atoms with Gasteiger partial charge in [-0.25, -0.2) is 28.5 Å². The Balaban J connectivity index is 1.43.